The number of esters is 2. The fourth-order valence-electron chi connectivity index (χ4n) is 2.27. The molecule has 0 aliphatic rings. The van der Waals surface area contributed by atoms with Crippen LogP contribution in [0.15, 0.2) is 30.3 Å². The molecule has 26 heavy (non-hydrogen) atoms. The van der Waals surface area contributed by atoms with Crippen molar-refractivity contribution >= 4 is 28.3 Å². The normalized spacial score (nSPS) is 11.2. The molecule has 0 bridgehead atoms. The van der Waals surface area contributed by atoms with Gasteiger partial charge in [-0.2, -0.15) is 0 Å². The summed E-state index contributed by atoms with van der Waals surface area (Å²) in [4.78, 5) is 25.3. The Bertz CT molecular complexity index is 777. The van der Waals surface area contributed by atoms with Crippen LogP contribution >= 0.6 is 11.3 Å². The minimum atomic E-state index is -0.677. The number of rotatable bonds is 6. The standard InChI is InChI=1S/C19H23NO5S/c1-19(2,3)25-17(21)14-13(11-23-4)15(26-16(14)20)18(22)24-10-12-8-6-5-7-9-12/h5-9H,10-11,20H2,1-4H3. The third kappa shape index (κ3) is 5.06. The van der Waals surface area contributed by atoms with E-state index < -0.39 is 17.5 Å². The molecule has 1 heterocycles. The Morgan fingerprint density at radius 3 is 2.31 bits per heavy atom. The highest BCUT2D eigenvalue weighted by Crippen LogP contribution is 2.34. The minimum Gasteiger partial charge on any atom is -0.457 e. The van der Waals surface area contributed by atoms with Crippen LogP contribution in [0.2, 0.25) is 0 Å². The number of hydrogen-bond donors (Lipinski definition) is 1. The Hall–Kier alpha value is -2.38. The zero-order valence-corrected chi connectivity index (χ0v) is 16.1. The van der Waals surface area contributed by atoms with Crippen LogP contribution in [0, 0.1) is 0 Å². The molecule has 2 rings (SSSR count). The average Bonchev–Trinajstić information content (AvgIpc) is 2.89. The van der Waals surface area contributed by atoms with Crippen molar-refractivity contribution in [2.75, 3.05) is 12.8 Å². The number of carbonyl (C=O) groups is 2. The molecule has 6 nitrogen and oxygen atoms in total. The maximum absolute atomic E-state index is 12.5. The van der Waals surface area contributed by atoms with Crippen LogP contribution in [0.4, 0.5) is 5.00 Å². The van der Waals surface area contributed by atoms with Gasteiger partial charge in [0, 0.05) is 12.7 Å². The van der Waals surface area contributed by atoms with E-state index in [1.807, 2.05) is 30.3 Å². The fourth-order valence-corrected chi connectivity index (χ4v) is 3.23. The molecule has 0 saturated carbocycles. The summed E-state index contributed by atoms with van der Waals surface area (Å²) in [5, 5.41) is 0.206. The highest BCUT2D eigenvalue weighted by atomic mass is 32.1. The second-order valence-corrected chi connectivity index (χ2v) is 7.70. The first kappa shape index (κ1) is 19.9. The summed E-state index contributed by atoms with van der Waals surface area (Å²) in [6.07, 6.45) is 0. The lowest BCUT2D eigenvalue weighted by Crippen LogP contribution is -2.25. The molecule has 0 amide bonds. The second kappa shape index (κ2) is 8.33. The van der Waals surface area contributed by atoms with Gasteiger partial charge in [0.25, 0.3) is 0 Å². The monoisotopic (exact) mass is 377 g/mol. The molecule has 0 spiro atoms. The van der Waals surface area contributed by atoms with Crippen LogP contribution in [0.1, 0.15) is 51.9 Å². The van der Waals surface area contributed by atoms with Crippen molar-refractivity contribution in [3.05, 3.63) is 51.9 Å². The number of anilines is 1. The van der Waals surface area contributed by atoms with Gasteiger partial charge in [0.2, 0.25) is 0 Å². The van der Waals surface area contributed by atoms with Crippen LogP contribution < -0.4 is 5.73 Å². The Labute approximate surface area is 156 Å². The van der Waals surface area contributed by atoms with Gasteiger partial charge in [-0.25, -0.2) is 9.59 Å². The summed E-state index contributed by atoms with van der Waals surface area (Å²) in [5.41, 5.74) is 6.74. The van der Waals surface area contributed by atoms with Crippen LogP contribution in [0.5, 0.6) is 0 Å². The molecular formula is C19H23NO5S. The van der Waals surface area contributed by atoms with E-state index >= 15 is 0 Å². The van der Waals surface area contributed by atoms with Gasteiger partial charge in [-0.15, -0.1) is 11.3 Å². The number of hydrogen-bond acceptors (Lipinski definition) is 7. The lowest BCUT2D eigenvalue weighted by molar-refractivity contribution is 0.00678. The number of nitrogen functional groups attached to an aromatic ring is 1. The molecule has 0 aliphatic carbocycles. The number of benzene rings is 1. The Morgan fingerprint density at radius 2 is 1.73 bits per heavy atom. The van der Waals surface area contributed by atoms with E-state index in [1.54, 1.807) is 20.8 Å². The molecule has 1 aromatic heterocycles. The van der Waals surface area contributed by atoms with E-state index in [0.29, 0.717) is 5.56 Å². The average molecular weight is 377 g/mol. The summed E-state index contributed by atoms with van der Waals surface area (Å²) in [6.45, 7) is 5.47. The van der Waals surface area contributed by atoms with Crippen molar-refractivity contribution in [3.63, 3.8) is 0 Å². The Balaban J connectivity index is 2.26. The van der Waals surface area contributed by atoms with Gasteiger partial charge in [0.15, 0.2) is 0 Å². The topological polar surface area (TPSA) is 87.9 Å². The lowest BCUT2D eigenvalue weighted by Gasteiger charge is -2.20. The van der Waals surface area contributed by atoms with Crippen molar-refractivity contribution in [2.45, 2.75) is 39.6 Å². The van der Waals surface area contributed by atoms with Gasteiger partial charge < -0.3 is 19.9 Å². The molecule has 0 atom stereocenters. The van der Waals surface area contributed by atoms with Crippen molar-refractivity contribution < 1.29 is 23.8 Å². The first-order chi connectivity index (χ1) is 12.2. The summed E-state index contributed by atoms with van der Waals surface area (Å²) in [7, 11) is 1.48. The zero-order valence-electron chi connectivity index (χ0n) is 15.3. The smallest absolute Gasteiger partial charge is 0.349 e. The molecule has 0 saturated heterocycles. The third-order valence-electron chi connectivity index (χ3n) is 3.32. The van der Waals surface area contributed by atoms with E-state index in [9.17, 15) is 9.59 Å². The molecule has 0 unspecified atom stereocenters. The first-order valence-electron chi connectivity index (χ1n) is 8.07. The highest BCUT2D eigenvalue weighted by molar-refractivity contribution is 7.18. The van der Waals surface area contributed by atoms with E-state index in [-0.39, 0.29) is 28.7 Å². The van der Waals surface area contributed by atoms with E-state index in [1.165, 1.54) is 7.11 Å². The van der Waals surface area contributed by atoms with E-state index in [4.69, 9.17) is 19.9 Å². The van der Waals surface area contributed by atoms with Crippen LogP contribution in [0.3, 0.4) is 0 Å². The zero-order chi connectivity index (χ0) is 19.3. The van der Waals surface area contributed by atoms with Gasteiger partial charge in [-0.3, -0.25) is 0 Å². The molecule has 0 radical (unpaired) electrons. The predicted octanol–water partition coefficient (Wildman–Crippen LogP) is 3.79. The van der Waals surface area contributed by atoms with Crippen LogP contribution in [-0.4, -0.2) is 24.6 Å². The number of ether oxygens (including phenoxy) is 3. The largest absolute Gasteiger partial charge is 0.457 e. The molecule has 0 aliphatic heterocycles. The summed E-state index contributed by atoms with van der Waals surface area (Å²) < 4.78 is 15.9. The van der Waals surface area contributed by atoms with Crippen LogP contribution in [0.25, 0.3) is 0 Å². The summed E-state index contributed by atoms with van der Waals surface area (Å²) in [5.74, 6) is -1.13. The molecule has 0 fully saturated rings. The molecule has 2 aromatic rings. The maximum Gasteiger partial charge on any atom is 0.349 e. The Morgan fingerprint density at radius 1 is 1.08 bits per heavy atom. The van der Waals surface area contributed by atoms with Gasteiger partial charge in [-0.1, -0.05) is 30.3 Å². The van der Waals surface area contributed by atoms with Crippen LogP contribution in [-0.2, 0) is 27.4 Å². The van der Waals surface area contributed by atoms with Crippen molar-refractivity contribution in [2.24, 2.45) is 0 Å². The van der Waals surface area contributed by atoms with Crippen molar-refractivity contribution in [3.8, 4) is 0 Å². The second-order valence-electron chi connectivity index (χ2n) is 6.65. The number of thiophene rings is 1. The SMILES string of the molecule is COCc1c(C(=O)OCc2ccccc2)sc(N)c1C(=O)OC(C)(C)C. The molecular weight excluding hydrogens is 354 g/mol. The van der Waals surface area contributed by atoms with E-state index in [2.05, 4.69) is 0 Å². The van der Waals surface area contributed by atoms with Gasteiger partial charge in [-0.05, 0) is 26.3 Å². The third-order valence-corrected chi connectivity index (χ3v) is 4.37. The number of carbonyl (C=O) groups excluding carboxylic acids is 2. The van der Waals surface area contributed by atoms with Gasteiger partial charge in [0.1, 0.15) is 27.6 Å². The quantitative estimate of drug-likeness (QED) is 0.771. The highest BCUT2D eigenvalue weighted by Gasteiger charge is 2.30. The maximum atomic E-state index is 12.5. The minimum absolute atomic E-state index is 0.0536. The molecule has 7 heteroatoms. The fraction of sp³-hybridized carbons (Fsp3) is 0.368. The van der Waals surface area contributed by atoms with E-state index in [0.717, 1.165) is 16.9 Å². The van der Waals surface area contributed by atoms with Crippen molar-refractivity contribution in [1.82, 2.24) is 0 Å². The van der Waals surface area contributed by atoms with Gasteiger partial charge in [0.05, 0.1) is 6.61 Å². The molecule has 2 N–H and O–H groups in total. The molecule has 140 valence electrons. The summed E-state index contributed by atoms with van der Waals surface area (Å²) >= 11 is 1.00. The summed E-state index contributed by atoms with van der Waals surface area (Å²) in [6, 6.07) is 9.33. The predicted molar refractivity (Wildman–Crippen MR) is 100 cm³/mol. The number of nitrogens with two attached hydrogens (primary N) is 1. The lowest BCUT2D eigenvalue weighted by atomic mass is 10.1. The first-order valence-corrected chi connectivity index (χ1v) is 8.89. The number of methoxy groups -OCH3 is 1. The van der Waals surface area contributed by atoms with Crippen molar-refractivity contribution in [1.29, 1.82) is 0 Å². The Kier molecular flexibility index (Phi) is 6.39. The molecule has 1 aromatic carbocycles. The van der Waals surface area contributed by atoms with Gasteiger partial charge >= 0.3 is 11.9 Å².